The van der Waals surface area contributed by atoms with E-state index in [0.717, 1.165) is 22.6 Å². The lowest BCUT2D eigenvalue weighted by Crippen LogP contribution is -2.64. The minimum atomic E-state index is -1.74. The Morgan fingerprint density at radius 2 is 1.56 bits per heavy atom. The van der Waals surface area contributed by atoms with Crippen molar-refractivity contribution >= 4 is 58.1 Å². The molecule has 9 atom stereocenters. The molecule has 2 fully saturated rings. The van der Waals surface area contributed by atoms with Gasteiger partial charge in [0.15, 0.2) is 0 Å². The van der Waals surface area contributed by atoms with Crippen molar-refractivity contribution in [1.29, 1.82) is 0 Å². The zero-order valence-electron chi connectivity index (χ0n) is 39.8. The fourth-order valence-corrected chi connectivity index (χ4v) is 8.54. The molecule has 2 aromatic carbocycles. The van der Waals surface area contributed by atoms with Crippen molar-refractivity contribution in [1.82, 2.24) is 36.4 Å². The van der Waals surface area contributed by atoms with E-state index in [-0.39, 0.29) is 55.7 Å². The Bertz CT molecular complexity index is 2170. The Balaban J connectivity index is 1.83. The SMILES string of the molecule is C/C=C1\NC(=O)[C@@H](NC(=O)[C@H](CC[S@](C)=O)NC(=O)CCCCC)[C@@H](C)OC(=O)[C@H](C(C)C)NC(=O)[C@H](Cc2ccc(O)cc2)N(C)C(=O)[C@H](Cc2ccccc2)N2C(=O)[C@H](CC[C@H]2O)NC1=O. The Morgan fingerprint density at radius 3 is 2.18 bits per heavy atom. The molecule has 7 amide bonds. The number of aliphatic hydroxyl groups is 1. The number of allylic oxidation sites excluding steroid dienone is 1. The predicted octanol–water partition coefficient (Wildman–Crippen LogP) is 1.22. The number of phenolic OH excluding ortho intramolecular Hbond substituents is 1. The monoisotopic (exact) mass is 965 g/mol. The summed E-state index contributed by atoms with van der Waals surface area (Å²) in [5.74, 6) is -7.37. The van der Waals surface area contributed by atoms with E-state index in [1.165, 1.54) is 45.4 Å². The van der Waals surface area contributed by atoms with E-state index < -0.39 is 113 Å². The smallest absolute Gasteiger partial charge is 0.329 e. The molecule has 20 heteroatoms. The molecule has 19 nitrogen and oxygen atoms in total. The summed E-state index contributed by atoms with van der Waals surface area (Å²) in [5, 5.41) is 34.5. The van der Waals surface area contributed by atoms with Crippen LogP contribution in [0, 0.1) is 5.92 Å². The number of carbonyl (C=O) groups is 8. The van der Waals surface area contributed by atoms with Gasteiger partial charge in [-0.1, -0.05) is 82.2 Å². The molecule has 2 aliphatic heterocycles. The van der Waals surface area contributed by atoms with Gasteiger partial charge < -0.3 is 51.3 Å². The van der Waals surface area contributed by atoms with Crippen LogP contribution >= 0.6 is 0 Å². The number of aromatic hydroxyl groups is 1. The standard InChI is InChI=1S/C48H67N7O12S/c1-8-10-12-17-38(57)49-34(24-25-68(7)66)43(60)53-41-29(5)67-48(65)40(28(3)4)52-44(61)36(26-31-18-20-32(56)21-19-31)54(6)47(64)37(27-30-15-13-11-14-16-30)55-39(58)23-22-35(46(55)63)51-42(59)33(9-2)50-45(41)62/h9,11,13-16,18-21,28-29,34-37,39-41,56,58H,8,10,12,17,22-27H2,1-7H3,(H,49,57)(H,50,62)(H,51,59)(H,52,61)(H,53,60)/b33-9-/t29-,34+,35+,36+,37+,39-,40+,41+,68+/m1/s1. The van der Waals surface area contributed by atoms with Crippen molar-refractivity contribution in [3.05, 3.63) is 77.5 Å². The Hall–Kier alpha value is -6.15. The zero-order chi connectivity index (χ0) is 50.2. The lowest BCUT2D eigenvalue weighted by atomic mass is 9.95. The van der Waals surface area contributed by atoms with E-state index in [9.17, 15) is 52.8 Å². The average molecular weight is 966 g/mol. The molecule has 2 saturated heterocycles. The summed E-state index contributed by atoms with van der Waals surface area (Å²) in [6.45, 7) is 7.97. The van der Waals surface area contributed by atoms with Crippen LogP contribution in [0.5, 0.6) is 5.75 Å². The summed E-state index contributed by atoms with van der Waals surface area (Å²) >= 11 is 0. The average Bonchev–Trinajstić information content (AvgIpc) is 3.29. The molecule has 0 aliphatic carbocycles. The summed E-state index contributed by atoms with van der Waals surface area (Å²) in [5.41, 5.74) is 0.765. The number of phenols is 1. The molecule has 7 N–H and O–H groups in total. The summed E-state index contributed by atoms with van der Waals surface area (Å²) in [6, 6.07) is 6.13. The number of rotatable bonds is 15. The maximum Gasteiger partial charge on any atom is 0.329 e. The lowest BCUT2D eigenvalue weighted by molar-refractivity contribution is -0.165. The van der Waals surface area contributed by atoms with Crippen molar-refractivity contribution in [2.24, 2.45) is 5.92 Å². The first-order valence-electron chi connectivity index (χ1n) is 23.0. The van der Waals surface area contributed by atoms with Gasteiger partial charge in [-0.3, -0.25) is 37.8 Å². The number of carbonyl (C=O) groups excluding carboxylic acids is 8. The van der Waals surface area contributed by atoms with Crippen molar-refractivity contribution in [3.8, 4) is 5.75 Å². The largest absolute Gasteiger partial charge is 0.508 e. The van der Waals surface area contributed by atoms with Gasteiger partial charge in [0, 0.05) is 49.1 Å². The van der Waals surface area contributed by atoms with E-state index in [2.05, 4.69) is 26.6 Å². The van der Waals surface area contributed by atoms with Gasteiger partial charge >= 0.3 is 5.97 Å². The fraction of sp³-hybridized carbons (Fsp3) is 0.542. The van der Waals surface area contributed by atoms with Gasteiger partial charge in [0.25, 0.3) is 11.8 Å². The number of amides is 7. The zero-order valence-corrected chi connectivity index (χ0v) is 40.6. The minimum absolute atomic E-state index is 0.0171. The highest BCUT2D eigenvalue weighted by Gasteiger charge is 2.45. The van der Waals surface area contributed by atoms with Crippen LogP contribution in [0.25, 0.3) is 0 Å². The first-order chi connectivity index (χ1) is 32.2. The molecule has 0 radical (unpaired) electrons. The maximum absolute atomic E-state index is 15.0. The van der Waals surface area contributed by atoms with Crippen LogP contribution in [-0.4, -0.2) is 139 Å². The molecule has 372 valence electrons. The predicted molar refractivity (Wildman–Crippen MR) is 252 cm³/mol. The Kier molecular flexibility index (Phi) is 20.7. The Labute approximate surface area is 400 Å². The van der Waals surface area contributed by atoms with E-state index in [4.69, 9.17) is 4.74 Å². The number of cyclic esters (lactones) is 1. The van der Waals surface area contributed by atoms with Crippen LogP contribution in [0.4, 0.5) is 0 Å². The van der Waals surface area contributed by atoms with Crippen LogP contribution in [0.1, 0.15) is 90.7 Å². The van der Waals surface area contributed by atoms with Crippen molar-refractivity contribution in [2.45, 2.75) is 141 Å². The third kappa shape index (κ3) is 15.2. The highest BCUT2D eigenvalue weighted by Crippen LogP contribution is 2.25. The molecule has 0 saturated carbocycles. The lowest BCUT2D eigenvalue weighted by Gasteiger charge is -2.43. The van der Waals surface area contributed by atoms with Gasteiger partial charge in [0.2, 0.25) is 29.5 Å². The van der Waals surface area contributed by atoms with Crippen molar-refractivity contribution < 1.29 is 57.5 Å². The van der Waals surface area contributed by atoms with Crippen LogP contribution in [0.2, 0.25) is 0 Å². The molecule has 68 heavy (non-hydrogen) atoms. The van der Waals surface area contributed by atoms with Crippen LogP contribution < -0.4 is 26.6 Å². The summed E-state index contributed by atoms with van der Waals surface area (Å²) < 4.78 is 18.0. The first kappa shape index (κ1) is 54.5. The number of aliphatic hydroxyl groups excluding tert-OH is 1. The number of piperidine rings is 1. The van der Waals surface area contributed by atoms with Gasteiger partial charge in [0.1, 0.15) is 60.0 Å². The van der Waals surface area contributed by atoms with Gasteiger partial charge in [-0.2, -0.15) is 0 Å². The van der Waals surface area contributed by atoms with Gasteiger partial charge in [-0.15, -0.1) is 0 Å². The third-order valence-corrected chi connectivity index (χ3v) is 12.8. The number of likely N-dealkylation sites (N-methyl/N-ethyl adjacent to an activating group) is 1. The topological polar surface area (TPSA) is 270 Å². The van der Waals surface area contributed by atoms with E-state index >= 15 is 0 Å². The third-order valence-electron chi connectivity index (χ3n) is 12.0. The second-order valence-electron chi connectivity index (χ2n) is 17.6. The number of nitrogens with zero attached hydrogens (tertiary/aromatic N) is 2. The van der Waals surface area contributed by atoms with Crippen molar-refractivity contribution in [2.75, 3.05) is 19.1 Å². The minimum Gasteiger partial charge on any atom is -0.508 e. The van der Waals surface area contributed by atoms with Crippen LogP contribution in [0.15, 0.2) is 66.4 Å². The molecule has 0 unspecified atom stereocenters. The number of nitrogens with one attached hydrogen (secondary N) is 5. The van der Waals surface area contributed by atoms with E-state index in [1.807, 2.05) is 6.92 Å². The molecular formula is C48H67N7O12S. The van der Waals surface area contributed by atoms with Crippen LogP contribution in [0.3, 0.4) is 0 Å². The second-order valence-corrected chi connectivity index (χ2v) is 19.1. The highest BCUT2D eigenvalue weighted by molar-refractivity contribution is 7.84. The van der Waals surface area contributed by atoms with Gasteiger partial charge in [-0.05, 0) is 68.7 Å². The maximum atomic E-state index is 15.0. The van der Waals surface area contributed by atoms with Crippen molar-refractivity contribution in [3.63, 3.8) is 0 Å². The van der Waals surface area contributed by atoms with Gasteiger partial charge in [-0.25, -0.2) is 4.79 Å². The summed E-state index contributed by atoms with van der Waals surface area (Å²) in [6.07, 6.45) is 1.52. The van der Waals surface area contributed by atoms with Crippen LogP contribution in [-0.2, 0) is 66.7 Å². The molecular weight excluding hydrogens is 899 g/mol. The quantitative estimate of drug-likeness (QED) is 0.0755. The molecule has 2 heterocycles. The number of hydrogen-bond acceptors (Lipinski definition) is 12. The Morgan fingerprint density at radius 1 is 0.912 bits per heavy atom. The summed E-state index contributed by atoms with van der Waals surface area (Å²) in [7, 11) is -0.00865. The normalized spacial score (nSPS) is 25.0. The van der Waals surface area contributed by atoms with E-state index in [1.54, 1.807) is 56.3 Å². The molecule has 2 aliphatic rings. The fourth-order valence-electron chi connectivity index (χ4n) is 7.97. The number of unbranched alkanes of at least 4 members (excludes halogenated alkanes) is 2. The summed E-state index contributed by atoms with van der Waals surface area (Å²) in [4.78, 5) is 116. The number of ether oxygens (including phenoxy) is 1. The number of esters is 1. The van der Waals surface area contributed by atoms with Gasteiger partial charge in [0.05, 0.1) is 0 Å². The molecule has 0 spiro atoms. The molecule has 4 rings (SSSR count). The van der Waals surface area contributed by atoms with E-state index in [0.29, 0.717) is 17.5 Å². The number of hydrogen-bond donors (Lipinski definition) is 7. The molecule has 2 aromatic rings. The molecule has 2 bridgehead atoms. The second kappa shape index (κ2) is 25.8. The number of benzene rings is 2. The molecule has 0 aromatic heterocycles. The first-order valence-corrected chi connectivity index (χ1v) is 24.8. The number of fused-ring (bicyclic) bond motifs is 2. The highest BCUT2D eigenvalue weighted by atomic mass is 32.2.